The fourth-order valence-electron chi connectivity index (χ4n) is 2.61. The summed E-state index contributed by atoms with van der Waals surface area (Å²) >= 11 is 0. The molecule has 7 nitrogen and oxygen atoms in total. The van der Waals surface area contributed by atoms with Crippen LogP contribution in [0.2, 0.25) is 0 Å². The van der Waals surface area contributed by atoms with E-state index in [4.69, 9.17) is 5.11 Å². The molecule has 1 aromatic heterocycles. The van der Waals surface area contributed by atoms with Gasteiger partial charge in [0, 0.05) is 6.20 Å². The van der Waals surface area contributed by atoms with Crippen LogP contribution in [0.3, 0.4) is 0 Å². The summed E-state index contributed by atoms with van der Waals surface area (Å²) in [5.74, 6) is -1.42. The molecule has 3 amide bonds. The van der Waals surface area contributed by atoms with Gasteiger partial charge in [0.15, 0.2) is 5.54 Å². The second-order valence-electron chi connectivity index (χ2n) is 5.66. The number of nitrogens with zero attached hydrogens (tertiary/aromatic N) is 2. The molecule has 1 fully saturated rings. The molecule has 122 valence electrons. The molecule has 0 radical (unpaired) electrons. The molecule has 1 atom stereocenters. The number of hydrogen-bond donors (Lipinski definition) is 2. The fourth-order valence-corrected chi connectivity index (χ4v) is 2.61. The van der Waals surface area contributed by atoms with E-state index in [0.29, 0.717) is 11.3 Å². The van der Waals surface area contributed by atoms with Crippen molar-refractivity contribution in [2.24, 2.45) is 0 Å². The second kappa shape index (κ2) is 5.77. The van der Waals surface area contributed by atoms with Gasteiger partial charge in [-0.3, -0.25) is 14.7 Å². The van der Waals surface area contributed by atoms with Gasteiger partial charge in [0.25, 0.3) is 5.91 Å². The highest BCUT2D eigenvalue weighted by Gasteiger charge is 2.49. The molecule has 0 saturated carbocycles. The molecule has 24 heavy (non-hydrogen) atoms. The third-order valence-electron chi connectivity index (χ3n) is 3.99. The monoisotopic (exact) mass is 325 g/mol. The number of benzene rings is 1. The van der Waals surface area contributed by atoms with Gasteiger partial charge in [0.2, 0.25) is 0 Å². The van der Waals surface area contributed by atoms with Gasteiger partial charge in [-0.25, -0.2) is 9.59 Å². The second-order valence-corrected chi connectivity index (χ2v) is 5.66. The Morgan fingerprint density at radius 3 is 2.50 bits per heavy atom. The maximum Gasteiger partial charge on any atom is 0.335 e. The lowest BCUT2D eigenvalue weighted by atomic mass is 9.97. The normalized spacial score (nSPS) is 20.1. The standard InChI is InChI=1S/C17H15N3O4/c1-17(13-4-2-3-9-18-13)15(23)20(16(24)19-17)10-11-5-7-12(8-6-11)14(21)22/h2-9H,10H2,1H3,(H,19,24)(H,21,22). The Bertz CT molecular complexity index is 804. The average Bonchev–Trinajstić information content (AvgIpc) is 2.80. The van der Waals surface area contributed by atoms with Crippen LogP contribution < -0.4 is 5.32 Å². The Morgan fingerprint density at radius 1 is 1.21 bits per heavy atom. The maximum absolute atomic E-state index is 12.7. The van der Waals surface area contributed by atoms with Gasteiger partial charge in [-0.05, 0) is 36.8 Å². The predicted octanol–water partition coefficient (Wildman–Crippen LogP) is 1.75. The van der Waals surface area contributed by atoms with Crippen LogP contribution in [0.1, 0.15) is 28.5 Å². The smallest absolute Gasteiger partial charge is 0.335 e. The highest BCUT2D eigenvalue weighted by atomic mass is 16.4. The van der Waals surface area contributed by atoms with E-state index in [9.17, 15) is 14.4 Å². The summed E-state index contributed by atoms with van der Waals surface area (Å²) in [6, 6.07) is 10.7. The molecule has 7 heteroatoms. The zero-order valence-electron chi connectivity index (χ0n) is 12.9. The summed E-state index contributed by atoms with van der Waals surface area (Å²) in [7, 11) is 0. The number of carbonyl (C=O) groups is 3. The number of amides is 3. The molecule has 1 saturated heterocycles. The molecule has 0 bridgehead atoms. The first kappa shape index (κ1) is 15.7. The molecule has 2 heterocycles. The van der Waals surface area contributed by atoms with Crippen LogP contribution in [0, 0.1) is 0 Å². The molecule has 2 N–H and O–H groups in total. The van der Waals surface area contributed by atoms with E-state index in [1.807, 2.05) is 0 Å². The molecule has 1 aliphatic heterocycles. The first-order chi connectivity index (χ1) is 11.4. The van der Waals surface area contributed by atoms with E-state index in [0.717, 1.165) is 4.90 Å². The minimum atomic E-state index is -1.21. The topological polar surface area (TPSA) is 99.6 Å². The number of pyridine rings is 1. The van der Waals surface area contributed by atoms with Crippen molar-refractivity contribution >= 4 is 17.9 Å². The molecule has 2 aromatic rings. The van der Waals surface area contributed by atoms with Crippen molar-refractivity contribution in [3.63, 3.8) is 0 Å². The van der Waals surface area contributed by atoms with E-state index in [1.54, 1.807) is 43.5 Å². The van der Waals surface area contributed by atoms with Crippen LogP contribution in [-0.4, -0.2) is 32.9 Å². The van der Waals surface area contributed by atoms with Crippen LogP contribution in [0.4, 0.5) is 4.79 Å². The highest BCUT2D eigenvalue weighted by molar-refractivity contribution is 6.06. The molecule has 0 spiro atoms. The Hall–Kier alpha value is -3.22. The van der Waals surface area contributed by atoms with Crippen LogP contribution >= 0.6 is 0 Å². The minimum Gasteiger partial charge on any atom is -0.478 e. The minimum absolute atomic E-state index is 0.0625. The van der Waals surface area contributed by atoms with Gasteiger partial charge in [0.05, 0.1) is 17.8 Å². The summed E-state index contributed by atoms with van der Waals surface area (Å²) in [6.07, 6.45) is 1.56. The average molecular weight is 325 g/mol. The van der Waals surface area contributed by atoms with Crippen LogP contribution in [-0.2, 0) is 16.9 Å². The number of carbonyl (C=O) groups excluding carboxylic acids is 2. The highest BCUT2D eigenvalue weighted by Crippen LogP contribution is 2.28. The number of carboxylic acid groups (broad SMARTS) is 1. The lowest BCUT2D eigenvalue weighted by Gasteiger charge is -2.20. The van der Waals surface area contributed by atoms with E-state index >= 15 is 0 Å². The van der Waals surface area contributed by atoms with Gasteiger partial charge in [-0.2, -0.15) is 0 Å². The molecular weight excluding hydrogens is 310 g/mol. The number of aromatic nitrogens is 1. The molecule has 1 aliphatic rings. The van der Waals surface area contributed by atoms with Gasteiger partial charge in [-0.1, -0.05) is 18.2 Å². The largest absolute Gasteiger partial charge is 0.478 e. The number of carboxylic acids is 1. The van der Waals surface area contributed by atoms with E-state index in [1.165, 1.54) is 12.1 Å². The van der Waals surface area contributed by atoms with Crippen molar-refractivity contribution in [1.82, 2.24) is 15.2 Å². The van der Waals surface area contributed by atoms with Crippen molar-refractivity contribution in [3.8, 4) is 0 Å². The fraction of sp³-hybridized carbons (Fsp3) is 0.176. The number of rotatable bonds is 4. The van der Waals surface area contributed by atoms with E-state index in [-0.39, 0.29) is 12.1 Å². The van der Waals surface area contributed by atoms with Gasteiger partial charge in [-0.15, -0.1) is 0 Å². The van der Waals surface area contributed by atoms with Crippen molar-refractivity contribution in [1.29, 1.82) is 0 Å². The summed E-state index contributed by atoms with van der Waals surface area (Å²) in [6.45, 7) is 1.68. The SMILES string of the molecule is CC1(c2ccccn2)NC(=O)N(Cc2ccc(C(=O)O)cc2)C1=O. The van der Waals surface area contributed by atoms with Crippen LogP contribution in [0.15, 0.2) is 48.7 Å². The summed E-state index contributed by atoms with van der Waals surface area (Å²) in [5, 5.41) is 11.6. The van der Waals surface area contributed by atoms with E-state index in [2.05, 4.69) is 10.3 Å². The molecule has 3 rings (SSSR count). The van der Waals surface area contributed by atoms with Crippen molar-refractivity contribution in [2.45, 2.75) is 19.0 Å². The number of hydrogen-bond acceptors (Lipinski definition) is 4. The third kappa shape index (κ3) is 2.60. The zero-order chi connectivity index (χ0) is 17.3. The first-order valence-electron chi connectivity index (χ1n) is 7.29. The number of imide groups is 1. The molecular formula is C17H15N3O4. The summed E-state index contributed by atoms with van der Waals surface area (Å²) in [5.41, 5.74) is 0.0643. The lowest BCUT2D eigenvalue weighted by Crippen LogP contribution is -2.41. The number of urea groups is 1. The predicted molar refractivity (Wildman–Crippen MR) is 84.1 cm³/mol. The quantitative estimate of drug-likeness (QED) is 0.834. The van der Waals surface area contributed by atoms with Crippen LogP contribution in [0.5, 0.6) is 0 Å². The molecule has 1 aromatic carbocycles. The number of nitrogens with one attached hydrogen (secondary N) is 1. The third-order valence-corrected chi connectivity index (χ3v) is 3.99. The van der Waals surface area contributed by atoms with Gasteiger partial charge in [0.1, 0.15) is 0 Å². The van der Waals surface area contributed by atoms with Gasteiger partial charge >= 0.3 is 12.0 Å². The zero-order valence-corrected chi connectivity index (χ0v) is 12.9. The number of aromatic carboxylic acids is 1. The Balaban J connectivity index is 1.83. The Morgan fingerprint density at radius 2 is 1.92 bits per heavy atom. The van der Waals surface area contributed by atoms with Gasteiger partial charge < -0.3 is 10.4 Å². The lowest BCUT2D eigenvalue weighted by molar-refractivity contribution is -0.131. The molecule has 1 unspecified atom stereocenters. The first-order valence-corrected chi connectivity index (χ1v) is 7.29. The molecule has 0 aliphatic carbocycles. The summed E-state index contributed by atoms with van der Waals surface area (Å²) < 4.78 is 0. The maximum atomic E-state index is 12.7. The Labute approximate surface area is 137 Å². The van der Waals surface area contributed by atoms with Crippen molar-refractivity contribution in [2.75, 3.05) is 0 Å². The van der Waals surface area contributed by atoms with Crippen molar-refractivity contribution < 1.29 is 19.5 Å². The Kier molecular flexibility index (Phi) is 3.76. The van der Waals surface area contributed by atoms with E-state index < -0.39 is 23.4 Å². The van der Waals surface area contributed by atoms with Crippen molar-refractivity contribution in [3.05, 3.63) is 65.5 Å². The van der Waals surface area contributed by atoms with Crippen LogP contribution in [0.25, 0.3) is 0 Å². The summed E-state index contributed by atoms with van der Waals surface area (Å²) in [4.78, 5) is 41.1.